The second-order valence-corrected chi connectivity index (χ2v) is 9.23. The summed E-state index contributed by atoms with van der Waals surface area (Å²) in [6.45, 7) is 0.378. The summed E-state index contributed by atoms with van der Waals surface area (Å²) in [5.74, 6) is -0.233. The van der Waals surface area contributed by atoms with Crippen molar-refractivity contribution < 1.29 is 13.2 Å². The van der Waals surface area contributed by atoms with E-state index in [0.717, 1.165) is 33.3 Å². The van der Waals surface area contributed by atoms with Crippen LogP contribution in [0.4, 0.5) is 5.69 Å². The Morgan fingerprint density at radius 3 is 2.74 bits per heavy atom. The highest BCUT2D eigenvalue weighted by molar-refractivity contribution is 7.91. The topological polar surface area (TPSA) is 57.7 Å². The molecule has 0 unspecified atom stereocenters. The van der Waals surface area contributed by atoms with Crippen molar-refractivity contribution in [1.29, 1.82) is 0 Å². The van der Waals surface area contributed by atoms with E-state index in [9.17, 15) is 13.2 Å². The Morgan fingerprint density at radius 2 is 2.04 bits per heavy atom. The molecule has 8 heteroatoms. The molecule has 0 fully saturated rings. The molecule has 2 heterocycles. The van der Waals surface area contributed by atoms with Gasteiger partial charge in [0, 0.05) is 19.3 Å². The molecule has 0 saturated heterocycles. The molecule has 0 aliphatic carbocycles. The third kappa shape index (κ3) is 3.14. The van der Waals surface area contributed by atoms with E-state index in [4.69, 9.17) is 11.6 Å². The summed E-state index contributed by atoms with van der Waals surface area (Å²) in [7, 11) is -2.29. The summed E-state index contributed by atoms with van der Waals surface area (Å²) in [6.07, 6.45) is 0.791. The van der Waals surface area contributed by atoms with Crippen LogP contribution in [0.25, 0.3) is 0 Å². The minimum atomic E-state index is -3.70. The van der Waals surface area contributed by atoms with E-state index in [-0.39, 0.29) is 16.7 Å². The standard InChI is InChI=1S/C15H15ClN2O3S2/c1-17(23(20,21)15-7-6-13(16)22-15)10-14(19)18-9-8-11-4-2-3-5-12(11)18/h2-7H,8-10H2,1H3. The molecule has 2 aromatic rings. The molecule has 122 valence electrons. The van der Waals surface area contributed by atoms with E-state index in [2.05, 4.69) is 0 Å². The monoisotopic (exact) mass is 370 g/mol. The lowest BCUT2D eigenvalue weighted by atomic mass is 10.2. The number of fused-ring (bicyclic) bond motifs is 1. The third-order valence-corrected chi connectivity index (χ3v) is 7.26. The highest BCUT2D eigenvalue weighted by Gasteiger charge is 2.29. The maximum Gasteiger partial charge on any atom is 0.252 e. The summed E-state index contributed by atoms with van der Waals surface area (Å²) in [5.41, 5.74) is 1.97. The van der Waals surface area contributed by atoms with Crippen molar-refractivity contribution in [2.45, 2.75) is 10.6 Å². The van der Waals surface area contributed by atoms with E-state index in [0.29, 0.717) is 10.9 Å². The molecule has 23 heavy (non-hydrogen) atoms. The van der Waals surface area contributed by atoms with Crippen LogP contribution in [-0.2, 0) is 21.2 Å². The Kier molecular flexibility index (Phi) is 4.46. The van der Waals surface area contributed by atoms with Crippen LogP contribution >= 0.6 is 22.9 Å². The average Bonchev–Trinajstić information content (AvgIpc) is 3.13. The molecule has 1 aromatic carbocycles. The molecule has 1 aliphatic rings. The first-order valence-corrected chi connectivity index (χ1v) is 9.63. The fraction of sp³-hybridized carbons (Fsp3) is 0.267. The normalized spacial score (nSPS) is 14.3. The van der Waals surface area contributed by atoms with E-state index in [1.807, 2.05) is 24.3 Å². The van der Waals surface area contributed by atoms with Crippen molar-refractivity contribution >= 4 is 44.6 Å². The third-order valence-electron chi connectivity index (χ3n) is 3.76. The number of halogens is 1. The van der Waals surface area contributed by atoms with Crippen LogP contribution in [0.1, 0.15) is 5.56 Å². The van der Waals surface area contributed by atoms with Crippen LogP contribution in [0.2, 0.25) is 4.34 Å². The number of likely N-dealkylation sites (N-methyl/N-ethyl adjacent to an activating group) is 1. The zero-order valence-electron chi connectivity index (χ0n) is 12.4. The maximum atomic E-state index is 12.5. The quantitative estimate of drug-likeness (QED) is 0.831. The molecular formula is C15H15ClN2O3S2. The van der Waals surface area contributed by atoms with Gasteiger partial charge in [-0.25, -0.2) is 8.42 Å². The van der Waals surface area contributed by atoms with Gasteiger partial charge in [-0.15, -0.1) is 11.3 Å². The number of anilines is 1. The zero-order valence-corrected chi connectivity index (χ0v) is 14.8. The maximum absolute atomic E-state index is 12.5. The number of sulfonamides is 1. The van der Waals surface area contributed by atoms with Gasteiger partial charge >= 0.3 is 0 Å². The first-order valence-electron chi connectivity index (χ1n) is 6.99. The molecule has 1 aromatic heterocycles. The van der Waals surface area contributed by atoms with Crippen LogP contribution < -0.4 is 4.90 Å². The molecule has 3 rings (SSSR count). The van der Waals surface area contributed by atoms with E-state index < -0.39 is 10.0 Å². The first kappa shape index (κ1) is 16.4. The smallest absolute Gasteiger partial charge is 0.252 e. The number of nitrogens with zero attached hydrogens (tertiary/aromatic N) is 2. The van der Waals surface area contributed by atoms with Gasteiger partial charge in [-0.1, -0.05) is 29.8 Å². The van der Waals surface area contributed by atoms with Crippen molar-refractivity contribution in [3.05, 3.63) is 46.3 Å². The first-order chi connectivity index (χ1) is 10.9. The van der Waals surface area contributed by atoms with Crippen LogP contribution in [0, 0.1) is 0 Å². The molecule has 0 saturated carbocycles. The van der Waals surface area contributed by atoms with Crippen molar-refractivity contribution in [1.82, 2.24) is 4.31 Å². The molecule has 0 spiro atoms. The highest BCUT2D eigenvalue weighted by Crippen LogP contribution is 2.29. The Bertz CT molecular complexity index is 848. The molecular weight excluding hydrogens is 356 g/mol. The molecule has 5 nitrogen and oxygen atoms in total. The van der Waals surface area contributed by atoms with Crippen LogP contribution in [-0.4, -0.2) is 38.8 Å². The number of benzene rings is 1. The Hall–Kier alpha value is -1.41. The minimum Gasteiger partial charge on any atom is -0.311 e. The minimum absolute atomic E-state index is 0.139. The lowest BCUT2D eigenvalue weighted by molar-refractivity contribution is -0.118. The zero-order chi connectivity index (χ0) is 16.6. The Labute approximate surface area is 144 Å². The highest BCUT2D eigenvalue weighted by atomic mass is 35.5. The van der Waals surface area contributed by atoms with Crippen molar-refractivity contribution in [2.24, 2.45) is 0 Å². The number of hydrogen-bond donors (Lipinski definition) is 0. The van der Waals surface area contributed by atoms with Gasteiger partial charge in [-0.05, 0) is 30.2 Å². The SMILES string of the molecule is CN(CC(=O)N1CCc2ccccc21)S(=O)(=O)c1ccc(Cl)s1. The largest absolute Gasteiger partial charge is 0.311 e. The summed E-state index contributed by atoms with van der Waals surface area (Å²) in [6, 6.07) is 10.7. The van der Waals surface area contributed by atoms with Crippen molar-refractivity contribution in [3.8, 4) is 0 Å². The predicted octanol–water partition coefficient (Wildman–Crippen LogP) is 2.61. The number of para-hydroxylation sites is 1. The lowest BCUT2D eigenvalue weighted by Gasteiger charge is -2.21. The summed E-state index contributed by atoms with van der Waals surface area (Å²) < 4.78 is 26.5. The summed E-state index contributed by atoms with van der Waals surface area (Å²) >= 11 is 6.78. The number of carbonyl (C=O) groups is 1. The summed E-state index contributed by atoms with van der Waals surface area (Å²) in [4.78, 5) is 14.1. The number of thiophene rings is 1. The van der Waals surface area contributed by atoms with Gasteiger partial charge in [0.2, 0.25) is 5.91 Å². The molecule has 0 atom stereocenters. The Morgan fingerprint density at radius 1 is 1.30 bits per heavy atom. The number of rotatable bonds is 4. The second kappa shape index (κ2) is 6.24. The molecule has 0 radical (unpaired) electrons. The van der Waals surface area contributed by atoms with Gasteiger partial charge in [0.05, 0.1) is 10.9 Å². The second-order valence-electron chi connectivity index (χ2n) is 5.24. The van der Waals surface area contributed by atoms with Gasteiger partial charge in [0.25, 0.3) is 10.0 Å². The fourth-order valence-electron chi connectivity index (χ4n) is 2.55. The number of hydrogen-bond acceptors (Lipinski definition) is 4. The average molecular weight is 371 g/mol. The van der Waals surface area contributed by atoms with Gasteiger partial charge in [-0.2, -0.15) is 4.31 Å². The Balaban J connectivity index is 1.76. The van der Waals surface area contributed by atoms with Crippen LogP contribution in [0.15, 0.2) is 40.6 Å². The van der Waals surface area contributed by atoms with Crippen LogP contribution in [0.3, 0.4) is 0 Å². The van der Waals surface area contributed by atoms with E-state index in [1.54, 1.807) is 4.90 Å². The summed E-state index contributed by atoms with van der Waals surface area (Å²) in [5, 5.41) is 0. The predicted molar refractivity (Wildman–Crippen MR) is 91.6 cm³/mol. The van der Waals surface area contributed by atoms with Crippen molar-refractivity contribution in [3.63, 3.8) is 0 Å². The van der Waals surface area contributed by atoms with Gasteiger partial charge < -0.3 is 4.90 Å². The lowest BCUT2D eigenvalue weighted by Crippen LogP contribution is -2.40. The van der Waals surface area contributed by atoms with Gasteiger partial charge in [0.1, 0.15) is 4.21 Å². The van der Waals surface area contributed by atoms with Crippen LogP contribution in [0.5, 0.6) is 0 Å². The number of amides is 1. The molecule has 1 aliphatic heterocycles. The molecule has 1 amide bonds. The molecule has 0 N–H and O–H groups in total. The van der Waals surface area contributed by atoms with E-state index >= 15 is 0 Å². The van der Waals surface area contributed by atoms with Gasteiger partial charge in [0.15, 0.2) is 0 Å². The van der Waals surface area contributed by atoms with E-state index in [1.165, 1.54) is 19.2 Å². The number of carbonyl (C=O) groups excluding carboxylic acids is 1. The fourth-order valence-corrected chi connectivity index (χ4v) is 5.36. The molecule has 0 bridgehead atoms. The van der Waals surface area contributed by atoms with Crippen molar-refractivity contribution in [2.75, 3.05) is 25.0 Å². The van der Waals surface area contributed by atoms with Gasteiger partial charge in [-0.3, -0.25) is 4.79 Å².